The summed E-state index contributed by atoms with van der Waals surface area (Å²) in [6, 6.07) is 9.99. The molecule has 0 bridgehead atoms. The topological polar surface area (TPSA) is 100 Å². The predicted molar refractivity (Wildman–Crippen MR) is 131 cm³/mol. The second kappa shape index (κ2) is 11.2. The molecule has 0 aliphatic heterocycles. The minimum atomic E-state index is 0. The zero-order valence-electron chi connectivity index (χ0n) is 17.9. The molecule has 3 N–H and O–H groups in total. The van der Waals surface area contributed by atoms with Crippen molar-refractivity contribution < 1.29 is 9.15 Å². The van der Waals surface area contributed by atoms with E-state index in [1.807, 2.05) is 12.1 Å². The number of halogens is 1. The van der Waals surface area contributed by atoms with Gasteiger partial charge in [0, 0.05) is 19.2 Å². The van der Waals surface area contributed by atoms with Crippen molar-refractivity contribution in [3.05, 3.63) is 53.5 Å². The van der Waals surface area contributed by atoms with Crippen molar-refractivity contribution >= 4 is 29.9 Å². The number of aromatic amines is 1. The van der Waals surface area contributed by atoms with E-state index in [9.17, 15) is 0 Å². The van der Waals surface area contributed by atoms with Crippen LogP contribution in [-0.4, -0.2) is 34.3 Å². The standard InChI is InChI=1S/C22H28N6O2.HI/c1-15-9-10-16(19(12-15)30-17-6-3-4-7-17)13-24-22(23-2)25-14-20-26-21(28-27-20)18-8-5-11-29-18;/h5,8-12,17H,3-4,6-7,13-14H2,1-2H3,(H2,23,24,25)(H,26,27,28);1H. The summed E-state index contributed by atoms with van der Waals surface area (Å²) in [6.07, 6.45) is 6.72. The number of ether oxygens (including phenoxy) is 1. The first-order chi connectivity index (χ1) is 14.7. The molecule has 1 aliphatic rings. The van der Waals surface area contributed by atoms with E-state index in [0.717, 1.165) is 24.2 Å². The Morgan fingerprint density at radius 1 is 1.23 bits per heavy atom. The molecule has 2 heterocycles. The average Bonchev–Trinajstić information content (AvgIpc) is 3.52. The van der Waals surface area contributed by atoms with Gasteiger partial charge in [-0.2, -0.15) is 0 Å². The molecule has 0 amide bonds. The quantitative estimate of drug-likeness (QED) is 0.238. The van der Waals surface area contributed by atoms with E-state index >= 15 is 0 Å². The molecule has 2 aromatic heterocycles. The van der Waals surface area contributed by atoms with Crippen molar-refractivity contribution in [2.45, 2.75) is 51.8 Å². The number of benzene rings is 1. The SMILES string of the molecule is CN=C(NCc1nc(-c2ccco2)n[nH]1)NCc1ccc(C)cc1OC1CCCC1.I. The minimum Gasteiger partial charge on any atom is -0.490 e. The predicted octanol–water partition coefficient (Wildman–Crippen LogP) is 4.18. The van der Waals surface area contributed by atoms with E-state index in [0.29, 0.717) is 42.6 Å². The van der Waals surface area contributed by atoms with Crippen LogP contribution in [0, 0.1) is 6.92 Å². The van der Waals surface area contributed by atoms with Gasteiger partial charge in [0.2, 0.25) is 5.82 Å². The Kier molecular flexibility index (Phi) is 8.33. The molecule has 0 radical (unpaired) electrons. The summed E-state index contributed by atoms with van der Waals surface area (Å²) in [5, 5.41) is 13.7. The van der Waals surface area contributed by atoms with Crippen LogP contribution >= 0.6 is 24.0 Å². The maximum Gasteiger partial charge on any atom is 0.216 e. The number of guanidine groups is 1. The van der Waals surface area contributed by atoms with Gasteiger partial charge in [-0.15, -0.1) is 29.1 Å². The molecule has 8 nitrogen and oxygen atoms in total. The summed E-state index contributed by atoms with van der Waals surface area (Å²) < 4.78 is 11.6. The van der Waals surface area contributed by atoms with Crippen LogP contribution in [-0.2, 0) is 13.1 Å². The number of nitrogens with one attached hydrogen (secondary N) is 3. The molecule has 3 aromatic rings. The van der Waals surface area contributed by atoms with Gasteiger partial charge < -0.3 is 19.8 Å². The number of furan rings is 1. The maximum atomic E-state index is 6.29. The van der Waals surface area contributed by atoms with Crippen LogP contribution in [0.15, 0.2) is 46.0 Å². The summed E-state index contributed by atoms with van der Waals surface area (Å²) in [5.74, 6) is 3.51. The Bertz CT molecular complexity index is 980. The van der Waals surface area contributed by atoms with Gasteiger partial charge in [-0.3, -0.25) is 10.1 Å². The molecule has 1 fully saturated rings. The highest BCUT2D eigenvalue weighted by molar-refractivity contribution is 14.0. The number of aromatic nitrogens is 3. The largest absolute Gasteiger partial charge is 0.490 e. The molecule has 0 spiro atoms. The number of aliphatic imine (C=N–C) groups is 1. The number of hydrogen-bond donors (Lipinski definition) is 3. The molecule has 0 unspecified atom stereocenters. The smallest absolute Gasteiger partial charge is 0.216 e. The van der Waals surface area contributed by atoms with Crippen LogP contribution in [0.1, 0.15) is 42.6 Å². The summed E-state index contributed by atoms with van der Waals surface area (Å²) in [7, 11) is 1.75. The fourth-order valence-corrected chi connectivity index (χ4v) is 3.56. The Hall–Kier alpha value is -2.56. The summed E-state index contributed by atoms with van der Waals surface area (Å²) in [5.41, 5.74) is 2.32. The van der Waals surface area contributed by atoms with Crippen LogP contribution in [0.2, 0.25) is 0 Å². The molecule has 0 atom stereocenters. The molecule has 1 saturated carbocycles. The fraction of sp³-hybridized carbons (Fsp3) is 0.409. The van der Waals surface area contributed by atoms with Crippen molar-refractivity contribution in [2.24, 2.45) is 4.99 Å². The molecule has 166 valence electrons. The van der Waals surface area contributed by atoms with Crippen LogP contribution < -0.4 is 15.4 Å². The number of H-pyrrole nitrogens is 1. The molecular formula is C22H29IN6O2. The van der Waals surface area contributed by atoms with Gasteiger partial charge in [0.05, 0.1) is 18.9 Å². The fourth-order valence-electron chi connectivity index (χ4n) is 3.56. The second-order valence-electron chi connectivity index (χ2n) is 7.50. The molecule has 9 heteroatoms. The lowest BCUT2D eigenvalue weighted by atomic mass is 10.1. The number of nitrogens with zero attached hydrogens (tertiary/aromatic N) is 3. The zero-order chi connectivity index (χ0) is 20.8. The van der Waals surface area contributed by atoms with Gasteiger partial charge in [-0.25, -0.2) is 4.98 Å². The molecule has 1 aromatic carbocycles. The van der Waals surface area contributed by atoms with Gasteiger partial charge >= 0.3 is 0 Å². The lowest BCUT2D eigenvalue weighted by Gasteiger charge is -2.18. The monoisotopic (exact) mass is 536 g/mol. The lowest BCUT2D eigenvalue weighted by molar-refractivity contribution is 0.207. The molecule has 31 heavy (non-hydrogen) atoms. The highest BCUT2D eigenvalue weighted by Gasteiger charge is 2.18. The Balaban J connectivity index is 0.00000272. The van der Waals surface area contributed by atoms with E-state index in [-0.39, 0.29) is 24.0 Å². The first-order valence-electron chi connectivity index (χ1n) is 10.4. The second-order valence-corrected chi connectivity index (χ2v) is 7.50. The Labute approximate surface area is 199 Å². The number of rotatable bonds is 7. The van der Waals surface area contributed by atoms with Crippen molar-refractivity contribution in [2.75, 3.05) is 7.05 Å². The third-order valence-electron chi connectivity index (χ3n) is 5.18. The van der Waals surface area contributed by atoms with Crippen molar-refractivity contribution in [1.29, 1.82) is 0 Å². The first kappa shape index (κ1) is 23.1. The number of hydrogen-bond acceptors (Lipinski definition) is 5. The van der Waals surface area contributed by atoms with Crippen LogP contribution in [0.5, 0.6) is 5.75 Å². The molecule has 1 aliphatic carbocycles. The molecular weight excluding hydrogens is 507 g/mol. The first-order valence-corrected chi connectivity index (χ1v) is 10.4. The number of aryl methyl sites for hydroxylation is 1. The van der Waals surface area contributed by atoms with Crippen molar-refractivity contribution in [3.63, 3.8) is 0 Å². The van der Waals surface area contributed by atoms with E-state index in [1.165, 1.54) is 18.4 Å². The van der Waals surface area contributed by atoms with E-state index in [4.69, 9.17) is 9.15 Å². The normalized spacial score (nSPS) is 14.3. The lowest BCUT2D eigenvalue weighted by Crippen LogP contribution is -2.36. The maximum absolute atomic E-state index is 6.29. The van der Waals surface area contributed by atoms with Gasteiger partial charge in [0.25, 0.3) is 0 Å². The van der Waals surface area contributed by atoms with Crippen molar-refractivity contribution in [1.82, 2.24) is 25.8 Å². The molecule has 0 saturated heterocycles. The van der Waals surface area contributed by atoms with Crippen molar-refractivity contribution in [3.8, 4) is 17.3 Å². The average molecular weight is 536 g/mol. The van der Waals surface area contributed by atoms with Crippen LogP contribution in [0.4, 0.5) is 0 Å². The van der Waals surface area contributed by atoms with Crippen LogP contribution in [0.25, 0.3) is 11.6 Å². The van der Waals surface area contributed by atoms with Gasteiger partial charge in [0.1, 0.15) is 11.6 Å². The minimum absolute atomic E-state index is 0. The van der Waals surface area contributed by atoms with Gasteiger partial charge in [-0.05, 0) is 56.4 Å². The van der Waals surface area contributed by atoms with Gasteiger partial charge in [0.15, 0.2) is 11.7 Å². The van der Waals surface area contributed by atoms with E-state index < -0.39 is 0 Å². The summed E-state index contributed by atoms with van der Waals surface area (Å²) >= 11 is 0. The summed E-state index contributed by atoms with van der Waals surface area (Å²) in [6.45, 7) is 3.18. The van der Waals surface area contributed by atoms with E-state index in [1.54, 1.807) is 13.3 Å². The molecule has 4 rings (SSSR count). The highest BCUT2D eigenvalue weighted by atomic mass is 127. The zero-order valence-corrected chi connectivity index (χ0v) is 20.2. The Morgan fingerprint density at radius 3 is 2.77 bits per heavy atom. The summed E-state index contributed by atoms with van der Waals surface area (Å²) in [4.78, 5) is 8.73. The van der Waals surface area contributed by atoms with E-state index in [2.05, 4.69) is 55.9 Å². The third kappa shape index (κ3) is 6.22. The van der Waals surface area contributed by atoms with Crippen LogP contribution in [0.3, 0.4) is 0 Å². The van der Waals surface area contributed by atoms with Gasteiger partial charge in [-0.1, -0.05) is 12.1 Å². The third-order valence-corrected chi connectivity index (χ3v) is 5.18. The Morgan fingerprint density at radius 2 is 2.03 bits per heavy atom. The highest BCUT2D eigenvalue weighted by Crippen LogP contribution is 2.27.